The van der Waals surface area contributed by atoms with Gasteiger partial charge >= 0.3 is 5.84 Å². The standard InChI is InChI=1S/C31H20N6S2/c1-19-8-12-21(13-9-19)37(22-14-10-20(2)11-15-22)31-24-7-5-4-6-23(24)30(38-31)25-16-17-26(34-27(18-32)33-3)29-28(25)35-39-36-29/h4-17H,1-2H3. The average Bonchev–Trinajstić information content (AvgIpc) is 3.60. The van der Waals surface area contributed by atoms with E-state index in [0.717, 1.165) is 49.3 Å². The number of hydrogen-bond donors (Lipinski definition) is 0. The maximum atomic E-state index is 9.20. The maximum absolute atomic E-state index is 9.20. The van der Waals surface area contributed by atoms with Crippen LogP contribution in [0, 0.1) is 31.8 Å². The molecule has 8 heteroatoms. The molecule has 186 valence electrons. The molecule has 0 fully saturated rings. The van der Waals surface area contributed by atoms with Crippen molar-refractivity contribution in [3.8, 4) is 16.5 Å². The predicted molar refractivity (Wildman–Crippen MR) is 162 cm³/mol. The molecular formula is C31H20N6S2. The van der Waals surface area contributed by atoms with Crippen LogP contribution in [0.25, 0.3) is 37.1 Å². The molecule has 6 aromatic rings. The van der Waals surface area contributed by atoms with Gasteiger partial charge in [-0.1, -0.05) is 66.2 Å². The lowest BCUT2D eigenvalue weighted by Gasteiger charge is -2.24. The third-order valence-electron chi connectivity index (χ3n) is 6.46. The molecule has 39 heavy (non-hydrogen) atoms. The third-order valence-corrected chi connectivity index (χ3v) is 8.23. The van der Waals surface area contributed by atoms with Gasteiger partial charge in [0.25, 0.3) is 0 Å². The number of fused-ring (bicyclic) bond motifs is 2. The first-order chi connectivity index (χ1) is 19.1. The van der Waals surface area contributed by atoms with E-state index in [1.807, 2.05) is 18.2 Å². The highest BCUT2D eigenvalue weighted by Gasteiger charge is 2.23. The summed E-state index contributed by atoms with van der Waals surface area (Å²) in [6.07, 6.45) is 0. The minimum absolute atomic E-state index is 0.229. The van der Waals surface area contributed by atoms with Crippen molar-refractivity contribution in [2.24, 2.45) is 4.99 Å². The van der Waals surface area contributed by atoms with E-state index < -0.39 is 0 Å². The third kappa shape index (κ3) is 4.42. The van der Waals surface area contributed by atoms with Crippen molar-refractivity contribution < 1.29 is 0 Å². The molecule has 0 radical (unpaired) electrons. The highest BCUT2D eigenvalue weighted by atomic mass is 32.1. The molecule has 0 amide bonds. The van der Waals surface area contributed by atoms with Crippen LogP contribution in [0.1, 0.15) is 11.1 Å². The molecule has 0 atom stereocenters. The first kappa shape index (κ1) is 24.4. The highest BCUT2D eigenvalue weighted by Crippen LogP contribution is 2.50. The van der Waals surface area contributed by atoms with E-state index >= 15 is 0 Å². The number of anilines is 3. The summed E-state index contributed by atoms with van der Waals surface area (Å²) in [6.45, 7) is 11.4. The summed E-state index contributed by atoms with van der Waals surface area (Å²) in [5.74, 6) is -0.229. The number of aromatic nitrogens is 2. The second kappa shape index (κ2) is 10.1. The normalized spacial score (nSPS) is 11.4. The second-order valence-corrected chi connectivity index (χ2v) is 10.6. The van der Waals surface area contributed by atoms with Crippen LogP contribution in [-0.4, -0.2) is 14.6 Å². The van der Waals surface area contributed by atoms with Gasteiger partial charge in [-0.3, -0.25) is 0 Å². The molecule has 0 saturated carbocycles. The van der Waals surface area contributed by atoms with Gasteiger partial charge in [-0.15, -0.1) is 16.3 Å². The average molecular weight is 541 g/mol. The summed E-state index contributed by atoms with van der Waals surface area (Å²) in [7, 11) is 0. The van der Waals surface area contributed by atoms with Crippen LogP contribution in [0.15, 0.2) is 89.9 Å². The Labute approximate surface area is 233 Å². The van der Waals surface area contributed by atoms with Crippen LogP contribution in [0.2, 0.25) is 0 Å². The zero-order valence-electron chi connectivity index (χ0n) is 21.1. The Bertz CT molecular complexity index is 1890. The lowest BCUT2D eigenvalue weighted by Crippen LogP contribution is -2.08. The van der Waals surface area contributed by atoms with Crippen LogP contribution in [0.5, 0.6) is 0 Å². The van der Waals surface area contributed by atoms with Crippen molar-refractivity contribution in [3.05, 3.63) is 107 Å². The zero-order chi connectivity index (χ0) is 26.9. The molecule has 0 aliphatic carbocycles. The van der Waals surface area contributed by atoms with Gasteiger partial charge in [0, 0.05) is 32.6 Å². The van der Waals surface area contributed by atoms with Gasteiger partial charge in [0.1, 0.15) is 16.6 Å². The van der Waals surface area contributed by atoms with Gasteiger partial charge in [-0.25, -0.2) is 5.26 Å². The summed E-state index contributed by atoms with van der Waals surface area (Å²) >= 11 is 2.80. The summed E-state index contributed by atoms with van der Waals surface area (Å²) in [5.41, 5.74) is 7.28. The summed E-state index contributed by atoms with van der Waals surface area (Å²) in [4.78, 5) is 10.8. The monoisotopic (exact) mass is 540 g/mol. The van der Waals surface area contributed by atoms with Gasteiger partial charge in [0.2, 0.25) is 0 Å². The molecule has 0 aliphatic rings. The van der Waals surface area contributed by atoms with Gasteiger partial charge in [-0.2, -0.15) is 8.75 Å². The predicted octanol–water partition coefficient (Wildman–Crippen LogP) is 9.13. The van der Waals surface area contributed by atoms with Crippen molar-refractivity contribution in [2.75, 3.05) is 4.90 Å². The molecule has 0 N–H and O–H groups in total. The number of aliphatic imine (C=N–C) groups is 1. The van der Waals surface area contributed by atoms with Gasteiger partial charge < -0.3 is 9.74 Å². The Kier molecular flexibility index (Phi) is 6.34. The Balaban J connectivity index is 1.60. The van der Waals surface area contributed by atoms with E-state index in [2.05, 4.69) is 110 Å². The Hall–Kier alpha value is -4.89. The smallest absolute Gasteiger partial charge is 0.349 e. The van der Waals surface area contributed by atoms with Crippen LogP contribution < -0.4 is 4.90 Å². The van der Waals surface area contributed by atoms with Crippen molar-refractivity contribution in [2.45, 2.75) is 13.8 Å². The largest absolute Gasteiger partial charge is 0.351 e. The van der Waals surface area contributed by atoms with Gasteiger partial charge in [-0.05, 0) is 50.2 Å². The van der Waals surface area contributed by atoms with Gasteiger partial charge in [0.05, 0.1) is 11.7 Å². The maximum Gasteiger partial charge on any atom is 0.349 e. The Morgan fingerprint density at radius 2 is 1.46 bits per heavy atom. The molecule has 2 aromatic heterocycles. The van der Waals surface area contributed by atoms with E-state index in [4.69, 9.17) is 6.57 Å². The van der Waals surface area contributed by atoms with Crippen LogP contribution in [0.3, 0.4) is 0 Å². The fourth-order valence-corrected chi connectivity index (χ4v) is 6.44. The fraction of sp³-hybridized carbons (Fsp3) is 0.0645. The second-order valence-electron chi connectivity index (χ2n) is 9.04. The fourth-order valence-electron chi connectivity index (χ4n) is 4.53. The van der Waals surface area contributed by atoms with Crippen LogP contribution >= 0.6 is 23.1 Å². The zero-order valence-corrected chi connectivity index (χ0v) is 22.7. The van der Waals surface area contributed by atoms with E-state index in [1.165, 1.54) is 11.1 Å². The molecule has 2 heterocycles. The number of aryl methyl sites for hydroxylation is 2. The number of hydrogen-bond acceptors (Lipinski definition) is 7. The lowest BCUT2D eigenvalue weighted by atomic mass is 10.1. The number of nitrogens with zero attached hydrogens (tertiary/aromatic N) is 6. The van der Waals surface area contributed by atoms with Crippen molar-refractivity contribution >= 4 is 72.8 Å². The number of benzene rings is 4. The molecule has 6 nitrogen and oxygen atoms in total. The molecule has 0 aliphatic heterocycles. The molecule has 0 bridgehead atoms. The molecule has 6 rings (SSSR count). The topological polar surface area (TPSA) is 69.5 Å². The first-order valence-electron chi connectivity index (χ1n) is 12.1. The minimum Gasteiger partial charge on any atom is -0.351 e. The van der Waals surface area contributed by atoms with E-state index in [0.29, 0.717) is 16.7 Å². The lowest BCUT2D eigenvalue weighted by molar-refractivity contribution is 1.30. The van der Waals surface area contributed by atoms with Gasteiger partial charge in [0.15, 0.2) is 11.2 Å². The molecule has 0 unspecified atom stereocenters. The summed E-state index contributed by atoms with van der Waals surface area (Å²) in [5, 5.41) is 12.6. The van der Waals surface area contributed by atoms with E-state index in [1.54, 1.807) is 11.3 Å². The summed E-state index contributed by atoms with van der Waals surface area (Å²) < 4.78 is 9.07. The van der Waals surface area contributed by atoms with E-state index in [-0.39, 0.29) is 5.84 Å². The number of rotatable bonds is 5. The Morgan fingerprint density at radius 3 is 2.08 bits per heavy atom. The minimum atomic E-state index is -0.229. The molecule has 4 aromatic carbocycles. The molecular weight excluding hydrogens is 521 g/mol. The molecule has 0 saturated heterocycles. The number of nitriles is 1. The number of thiophene rings is 1. The van der Waals surface area contributed by atoms with Crippen molar-refractivity contribution in [3.63, 3.8) is 0 Å². The Morgan fingerprint density at radius 1 is 0.846 bits per heavy atom. The SMILES string of the molecule is [C-]#[N+]C(C#N)=Nc1ccc(-c2sc(N(c3ccc(C)cc3)c3ccc(C)cc3)c3ccccc23)c2nsnc12. The van der Waals surface area contributed by atoms with Crippen LogP contribution in [-0.2, 0) is 0 Å². The number of amidine groups is 1. The quantitative estimate of drug-likeness (QED) is 0.124. The first-order valence-corrected chi connectivity index (χ1v) is 13.7. The van der Waals surface area contributed by atoms with Crippen molar-refractivity contribution in [1.82, 2.24) is 8.75 Å². The van der Waals surface area contributed by atoms with Crippen LogP contribution in [0.4, 0.5) is 22.1 Å². The summed E-state index contributed by atoms with van der Waals surface area (Å²) in [6, 6.07) is 31.2. The van der Waals surface area contributed by atoms with Crippen molar-refractivity contribution in [1.29, 1.82) is 5.26 Å². The molecule has 0 spiro atoms. The highest BCUT2D eigenvalue weighted by molar-refractivity contribution is 7.21. The van der Waals surface area contributed by atoms with E-state index in [9.17, 15) is 5.26 Å².